The van der Waals surface area contributed by atoms with E-state index in [0.29, 0.717) is 17.9 Å². The Hall–Kier alpha value is -3.17. The van der Waals surface area contributed by atoms with Crippen LogP contribution < -0.4 is 10.6 Å². The molecule has 0 radical (unpaired) electrons. The standard InChI is InChI=1S/C20H26FN5O4/c1-11-6-3-4-9-26(11)16(27)10-15(24-20(29)30)19(28)22-12(2)18-23-14-8-5-7-13(21)17(14)25-18/h5,7-8,11-12,15,24H,3-4,6,9-10H2,1-2H3,(H,22,28)(H,23,25)(H,29,30)/t11-,12?,15?/m0/s1. The molecule has 2 heterocycles. The largest absolute Gasteiger partial charge is 0.465 e. The summed E-state index contributed by atoms with van der Waals surface area (Å²) >= 11 is 0. The second-order valence-electron chi connectivity index (χ2n) is 7.63. The summed E-state index contributed by atoms with van der Waals surface area (Å²) in [6.07, 6.45) is 1.14. The van der Waals surface area contributed by atoms with E-state index in [1.165, 1.54) is 6.07 Å². The number of nitrogens with zero attached hydrogens (tertiary/aromatic N) is 2. The van der Waals surface area contributed by atoms with E-state index in [9.17, 15) is 18.8 Å². The topological polar surface area (TPSA) is 127 Å². The van der Waals surface area contributed by atoms with Gasteiger partial charge in [-0.25, -0.2) is 14.2 Å². The number of piperidine rings is 1. The highest BCUT2D eigenvalue weighted by molar-refractivity contribution is 5.91. The van der Waals surface area contributed by atoms with Crippen LogP contribution in [0.15, 0.2) is 18.2 Å². The molecule has 0 aliphatic carbocycles. The van der Waals surface area contributed by atoms with Crippen LogP contribution in [-0.2, 0) is 9.59 Å². The highest BCUT2D eigenvalue weighted by Crippen LogP contribution is 2.20. The number of imidazole rings is 1. The zero-order valence-corrected chi connectivity index (χ0v) is 16.9. The van der Waals surface area contributed by atoms with Crippen LogP contribution >= 0.6 is 0 Å². The monoisotopic (exact) mass is 419 g/mol. The molecule has 1 aromatic carbocycles. The van der Waals surface area contributed by atoms with Gasteiger partial charge in [-0.05, 0) is 45.2 Å². The number of carbonyl (C=O) groups is 3. The molecular weight excluding hydrogens is 393 g/mol. The van der Waals surface area contributed by atoms with Gasteiger partial charge < -0.3 is 25.6 Å². The van der Waals surface area contributed by atoms with Crippen LogP contribution in [0.3, 0.4) is 0 Å². The van der Waals surface area contributed by atoms with E-state index in [4.69, 9.17) is 5.11 Å². The molecule has 4 N–H and O–H groups in total. The smallest absolute Gasteiger partial charge is 0.405 e. The Bertz CT molecular complexity index is 946. The molecule has 2 aromatic rings. The lowest BCUT2D eigenvalue weighted by atomic mass is 10.0. The van der Waals surface area contributed by atoms with E-state index in [0.717, 1.165) is 19.3 Å². The summed E-state index contributed by atoms with van der Waals surface area (Å²) in [4.78, 5) is 45.4. The minimum absolute atomic E-state index is 0.0594. The number of nitrogens with one attached hydrogen (secondary N) is 3. The van der Waals surface area contributed by atoms with Crippen molar-refractivity contribution in [1.29, 1.82) is 0 Å². The number of likely N-dealkylation sites (tertiary alicyclic amines) is 1. The molecule has 0 bridgehead atoms. The second-order valence-corrected chi connectivity index (χ2v) is 7.63. The predicted octanol–water partition coefficient (Wildman–Crippen LogP) is 2.31. The summed E-state index contributed by atoms with van der Waals surface area (Å²) in [5, 5.41) is 13.9. The molecule has 0 saturated carbocycles. The lowest BCUT2D eigenvalue weighted by Crippen LogP contribution is -2.51. The molecule has 1 fully saturated rings. The van der Waals surface area contributed by atoms with E-state index < -0.39 is 29.9 Å². The molecule has 9 nitrogen and oxygen atoms in total. The molecule has 0 spiro atoms. The summed E-state index contributed by atoms with van der Waals surface area (Å²) in [6.45, 7) is 4.18. The number of fused-ring (bicyclic) bond motifs is 1. The molecule has 30 heavy (non-hydrogen) atoms. The van der Waals surface area contributed by atoms with E-state index >= 15 is 0 Å². The van der Waals surface area contributed by atoms with Gasteiger partial charge in [-0.15, -0.1) is 0 Å². The van der Waals surface area contributed by atoms with E-state index in [2.05, 4.69) is 20.6 Å². The van der Waals surface area contributed by atoms with Crippen molar-refractivity contribution in [2.75, 3.05) is 6.54 Å². The first-order valence-electron chi connectivity index (χ1n) is 9.99. The third-order valence-electron chi connectivity index (χ3n) is 5.37. The van der Waals surface area contributed by atoms with Crippen molar-refractivity contribution in [3.63, 3.8) is 0 Å². The first kappa shape index (κ1) is 21.5. The van der Waals surface area contributed by atoms with Gasteiger partial charge in [0, 0.05) is 12.6 Å². The first-order valence-corrected chi connectivity index (χ1v) is 9.99. The summed E-state index contributed by atoms with van der Waals surface area (Å²) in [5.41, 5.74) is 0.642. The van der Waals surface area contributed by atoms with Gasteiger partial charge in [-0.2, -0.15) is 0 Å². The molecule has 3 rings (SSSR count). The van der Waals surface area contributed by atoms with Crippen molar-refractivity contribution in [2.45, 2.75) is 57.7 Å². The first-order chi connectivity index (χ1) is 14.3. The molecule has 3 amide bonds. The number of aromatic amines is 1. The van der Waals surface area contributed by atoms with Gasteiger partial charge in [0.25, 0.3) is 0 Å². The zero-order valence-electron chi connectivity index (χ0n) is 16.9. The summed E-state index contributed by atoms with van der Waals surface area (Å²) in [7, 11) is 0. The Labute approximate surface area is 173 Å². The highest BCUT2D eigenvalue weighted by atomic mass is 19.1. The highest BCUT2D eigenvalue weighted by Gasteiger charge is 2.30. The van der Waals surface area contributed by atoms with E-state index in [1.54, 1.807) is 24.0 Å². The fourth-order valence-electron chi connectivity index (χ4n) is 3.72. The Kier molecular flexibility index (Phi) is 6.53. The van der Waals surface area contributed by atoms with Crippen LogP contribution in [0.1, 0.15) is 51.4 Å². The van der Waals surface area contributed by atoms with Crippen LogP contribution in [-0.4, -0.2) is 56.5 Å². The molecular formula is C20H26FN5O4. The molecule has 1 saturated heterocycles. The van der Waals surface area contributed by atoms with Crippen molar-refractivity contribution in [2.24, 2.45) is 0 Å². The Morgan fingerprint density at radius 1 is 1.33 bits per heavy atom. The van der Waals surface area contributed by atoms with E-state index in [1.807, 2.05) is 6.92 Å². The van der Waals surface area contributed by atoms with Gasteiger partial charge in [-0.1, -0.05) is 6.07 Å². The number of benzene rings is 1. The van der Waals surface area contributed by atoms with Crippen molar-refractivity contribution in [3.8, 4) is 0 Å². The Balaban J connectivity index is 1.70. The molecule has 10 heteroatoms. The quantitative estimate of drug-likeness (QED) is 0.571. The second kappa shape index (κ2) is 9.10. The lowest BCUT2D eigenvalue weighted by Gasteiger charge is -2.34. The van der Waals surface area contributed by atoms with Gasteiger partial charge in [0.1, 0.15) is 17.4 Å². The molecule has 1 aliphatic rings. The summed E-state index contributed by atoms with van der Waals surface area (Å²) in [6, 6.07) is 2.67. The summed E-state index contributed by atoms with van der Waals surface area (Å²) < 4.78 is 13.9. The molecule has 1 aliphatic heterocycles. The van der Waals surface area contributed by atoms with Crippen LogP contribution in [0.4, 0.5) is 9.18 Å². The van der Waals surface area contributed by atoms with Crippen molar-refractivity contribution < 1.29 is 23.9 Å². The van der Waals surface area contributed by atoms with Crippen LogP contribution in [0.25, 0.3) is 11.0 Å². The molecule has 162 valence electrons. The number of rotatable bonds is 6. The maximum absolute atomic E-state index is 13.9. The van der Waals surface area contributed by atoms with Gasteiger partial charge in [-0.3, -0.25) is 9.59 Å². The summed E-state index contributed by atoms with van der Waals surface area (Å²) in [5.74, 6) is -1.08. The predicted molar refractivity (Wildman–Crippen MR) is 107 cm³/mol. The van der Waals surface area contributed by atoms with Crippen LogP contribution in [0, 0.1) is 5.82 Å². The average molecular weight is 419 g/mol. The number of aromatic nitrogens is 2. The van der Waals surface area contributed by atoms with Gasteiger partial charge in [0.15, 0.2) is 5.82 Å². The Morgan fingerprint density at radius 3 is 2.77 bits per heavy atom. The van der Waals surface area contributed by atoms with Crippen molar-refractivity contribution >= 4 is 28.9 Å². The number of carbonyl (C=O) groups excluding carboxylic acids is 2. The molecule has 3 atom stereocenters. The number of amides is 3. The number of para-hydroxylation sites is 1. The van der Waals surface area contributed by atoms with Crippen molar-refractivity contribution in [1.82, 2.24) is 25.5 Å². The maximum Gasteiger partial charge on any atom is 0.405 e. The minimum atomic E-state index is -1.40. The van der Waals surface area contributed by atoms with Gasteiger partial charge in [0.2, 0.25) is 11.8 Å². The Morgan fingerprint density at radius 2 is 2.10 bits per heavy atom. The van der Waals surface area contributed by atoms with Crippen LogP contribution in [0.2, 0.25) is 0 Å². The zero-order chi connectivity index (χ0) is 21.8. The minimum Gasteiger partial charge on any atom is -0.465 e. The van der Waals surface area contributed by atoms with Crippen molar-refractivity contribution in [3.05, 3.63) is 29.8 Å². The number of hydrogen-bond acceptors (Lipinski definition) is 4. The number of hydrogen-bond donors (Lipinski definition) is 4. The number of carboxylic acid groups (broad SMARTS) is 1. The SMILES string of the molecule is CC(NC(=O)C(CC(=O)N1CCCC[C@@H]1C)NC(=O)O)c1nc2c(F)cccc2[nH]1. The lowest BCUT2D eigenvalue weighted by molar-refractivity contribution is -0.137. The van der Waals surface area contributed by atoms with Gasteiger partial charge >= 0.3 is 6.09 Å². The normalized spacial score (nSPS) is 18.6. The number of halogens is 1. The van der Waals surface area contributed by atoms with Gasteiger partial charge in [0.05, 0.1) is 18.0 Å². The fraction of sp³-hybridized carbons (Fsp3) is 0.500. The third-order valence-corrected chi connectivity index (χ3v) is 5.37. The molecule has 2 unspecified atom stereocenters. The van der Waals surface area contributed by atoms with Crippen LogP contribution in [0.5, 0.6) is 0 Å². The maximum atomic E-state index is 13.9. The average Bonchev–Trinajstić information content (AvgIpc) is 3.13. The van der Waals surface area contributed by atoms with E-state index in [-0.39, 0.29) is 23.9 Å². The molecule has 1 aromatic heterocycles. The fourth-order valence-corrected chi connectivity index (χ4v) is 3.72. The number of H-pyrrole nitrogens is 1. The third kappa shape index (κ3) is 4.87.